The maximum absolute atomic E-state index is 14.4. The fraction of sp³-hybridized carbons (Fsp3) is 0.212. The van der Waals surface area contributed by atoms with E-state index in [4.69, 9.17) is 9.47 Å². The van der Waals surface area contributed by atoms with E-state index >= 15 is 0 Å². The molecule has 1 N–H and O–H groups in total. The Morgan fingerprint density at radius 2 is 1.74 bits per heavy atom. The van der Waals surface area contributed by atoms with Gasteiger partial charge in [-0.05, 0) is 65.9 Å². The Morgan fingerprint density at radius 3 is 2.64 bits per heavy atom. The van der Waals surface area contributed by atoms with Crippen LogP contribution in [0.4, 0.5) is 11.4 Å². The lowest BCUT2D eigenvalue weighted by Crippen LogP contribution is -2.42. The van der Waals surface area contributed by atoms with Gasteiger partial charge in [-0.25, -0.2) is 0 Å². The molecule has 0 saturated carbocycles. The van der Waals surface area contributed by atoms with Crippen molar-refractivity contribution in [2.75, 3.05) is 23.4 Å². The lowest BCUT2D eigenvalue weighted by atomic mass is 9.76. The second kappa shape index (κ2) is 8.73. The number of nitrogens with zero attached hydrogens (tertiary/aromatic N) is 1. The number of carbonyl (C=O) groups is 2. The van der Waals surface area contributed by atoms with Gasteiger partial charge >= 0.3 is 0 Å². The summed E-state index contributed by atoms with van der Waals surface area (Å²) >= 11 is 0. The van der Waals surface area contributed by atoms with Gasteiger partial charge in [-0.15, -0.1) is 0 Å². The molecule has 4 aromatic carbocycles. The number of hydrogen-bond donors (Lipinski definition) is 1. The zero-order valence-corrected chi connectivity index (χ0v) is 21.9. The number of ether oxygens (including phenoxy) is 2. The molecule has 1 spiro atoms. The third kappa shape index (κ3) is 3.48. The SMILES string of the molecule is Cc1cccc(NC(=O)c2ccccc2CN2C(=O)C3(COc4cc5c(cc43)CCO5)c3ccccc32)c1C. The summed E-state index contributed by atoms with van der Waals surface area (Å²) in [5.74, 6) is 1.31. The molecule has 0 aliphatic carbocycles. The standard InChI is InChI=1S/C33H28N2O4/c1-20-8-7-12-27(21(20)2)34-31(36)24-10-4-3-9-23(24)18-35-28-13-6-5-11-25(28)33(32(35)37)19-39-30-17-29-22(14-15-38-29)16-26(30)33/h3-13,16-17H,14-15,18-19H2,1-2H3,(H,34,36). The molecule has 1 unspecified atom stereocenters. The fourth-order valence-corrected chi connectivity index (χ4v) is 6.13. The van der Waals surface area contributed by atoms with Gasteiger partial charge in [-0.2, -0.15) is 0 Å². The molecule has 2 amide bonds. The molecule has 3 aliphatic rings. The van der Waals surface area contributed by atoms with Gasteiger partial charge in [-0.1, -0.05) is 48.5 Å². The van der Waals surface area contributed by atoms with Crippen molar-refractivity contribution in [3.05, 3.63) is 118 Å². The van der Waals surface area contributed by atoms with Gasteiger partial charge in [0.2, 0.25) is 5.91 Å². The quantitative estimate of drug-likeness (QED) is 0.377. The number of fused-ring (bicyclic) bond motifs is 5. The average Bonchev–Trinajstić information content (AvgIpc) is 3.63. The third-order valence-corrected chi connectivity index (χ3v) is 8.40. The summed E-state index contributed by atoms with van der Waals surface area (Å²) < 4.78 is 11.9. The van der Waals surface area contributed by atoms with E-state index in [2.05, 4.69) is 11.4 Å². The number of rotatable bonds is 4. The van der Waals surface area contributed by atoms with E-state index in [1.807, 2.05) is 91.5 Å². The van der Waals surface area contributed by atoms with Gasteiger partial charge < -0.3 is 19.7 Å². The highest BCUT2D eigenvalue weighted by Gasteiger charge is 2.57. The zero-order valence-electron chi connectivity index (χ0n) is 21.9. The topological polar surface area (TPSA) is 67.9 Å². The summed E-state index contributed by atoms with van der Waals surface area (Å²) in [6.07, 6.45) is 0.821. The van der Waals surface area contributed by atoms with Gasteiger partial charge in [0, 0.05) is 35.0 Å². The average molecular weight is 517 g/mol. The van der Waals surface area contributed by atoms with E-state index in [0.717, 1.165) is 56.9 Å². The van der Waals surface area contributed by atoms with Crippen LogP contribution in [0, 0.1) is 13.8 Å². The summed E-state index contributed by atoms with van der Waals surface area (Å²) in [7, 11) is 0. The first-order valence-electron chi connectivity index (χ1n) is 13.3. The number of hydrogen-bond acceptors (Lipinski definition) is 4. The summed E-state index contributed by atoms with van der Waals surface area (Å²) in [4.78, 5) is 29.7. The Hall–Kier alpha value is -4.58. The summed E-state index contributed by atoms with van der Waals surface area (Å²) in [5.41, 5.74) is 7.12. The van der Waals surface area contributed by atoms with E-state index in [-0.39, 0.29) is 25.0 Å². The molecule has 194 valence electrons. The first-order chi connectivity index (χ1) is 19.0. The predicted molar refractivity (Wildman–Crippen MR) is 150 cm³/mol. The molecule has 7 rings (SSSR count). The molecular formula is C33H28N2O4. The lowest BCUT2D eigenvalue weighted by Gasteiger charge is -2.24. The van der Waals surface area contributed by atoms with E-state index in [1.165, 1.54) is 0 Å². The van der Waals surface area contributed by atoms with E-state index in [9.17, 15) is 9.59 Å². The lowest BCUT2D eigenvalue weighted by molar-refractivity contribution is -0.122. The smallest absolute Gasteiger partial charge is 0.256 e. The molecule has 6 heteroatoms. The van der Waals surface area contributed by atoms with Crippen molar-refractivity contribution < 1.29 is 19.1 Å². The van der Waals surface area contributed by atoms with Crippen molar-refractivity contribution >= 4 is 23.2 Å². The van der Waals surface area contributed by atoms with Crippen LogP contribution in [0.1, 0.15) is 43.7 Å². The first-order valence-corrected chi connectivity index (χ1v) is 13.3. The largest absolute Gasteiger partial charge is 0.493 e. The molecule has 6 nitrogen and oxygen atoms in total. The minimum atomic E-state index is -0.917. The van der Waals surface area contributed by atoms with Crippen LogP contribution in [-0.4, -0.2) is 25.0 Å². The minimum Gasteiger partial charge on any atom is -0.493 e. The summed E-state index contributed by atoms with van der Waals surface area (Å²) in [6.45, 7) is 5.18. The van der Waals surface area contributed by atoms with Gasteiger partial charge in [0.15, 0.2) is 0 Å². The number of benzene rings is 4. The van der Waals surface area contributed by atoms with Crippen LogP contribution in [-0.2, 0) is 23.2 Å². The monoisotopic (exact) mass is 516 g/mol. The van der Waals surface area contributed by atoms with Crippen LogP contribution in [0.25, 0.3) is 0 Å². The number of carbonyl (C=O) groups excluding carboxylic acids is 2. The molecule has 1 atom stereocenters. The van der Waals surface area contributed by atoms with Crippen molar-refractivity contribution in [1.82, 2.24) is 0 Å². The molecule has 3 heterocycles. The number of amides is 2. The molecule has 0 fully saturated rings. The van der Waals surface area contributed by atoms with Crippen LogP contribution in [0.2, 0.25) is 0 Å². The maximum Gasteiger partial charge on any atom is 0.256 e. The normalized spacial score (nSPS) is 18.4. The Balaban J connectivity index is 1.26. The molecule has 0 radical (unpaired) electrons. The van der Waals surface area contributed by atoms with Crippen molar-refractivity contribution in [2.24, 2.45) is 0 Å². The highest BCUT2D eigenvalue weighted by atomic mass is 16.5. The minimum absolute atomic E-state index is 0.0361. The highest BCUT2D eigenvalue weighted by molar-refractivity contribution is 6.12. The van der Waals surface area contributed by atoms with Gasteiger partial charge in [0.25, 0.3) is 5.91 Å². The number of para-hydroxylation sites is 1. The summed E-state index contributed by atoms with van der Waals surface area (Å²) in [6, 6.07) is 25.3. The Bertz CT molecular complexity index is 1680. The molecule has 4 aromatic rings. The second-order valence-corrected chi connectivity index (χ2v) is 10.5. The third-order valence-electron chi connectivity index (χ3n) is 8.40. The van der Waals surface area contributed by atoms with E-state index in [0.29, 0.717) is 17.9 Å². The van der Waals surface area contributed by atoms with E-state index in [1.54, 1.807) is 0 Å². The molecule has 0 saturated heterocycles. The highest BCUT2D eigenvalue weighted by Crippen LogP contribution is 2.54. The number of aryl methyl sites for hydroxylation is 1. The molecular weight excluding hydrogens is 488 g/mol. The van der Waals surface area contributed by atoms with Gasteiger partial charge in [-0.3, -0.25) is 9.59 Å². The van der Waals surface area contributed by atoms with E-state index < -0.39 is 5.41 Å². The molecule has 0 aromatic heterocycles. The molecule has 0 bridgehead atoms. The van der Waals surface area contributed by atoms with Gasteiger partial charge in [0.1, 0.15) is 23.5 Å². The van der Waals surface area contributed by atoms with Crippen LogP contribution < -0.4 is 19.7 Å². The Morgan fingerprint density at radius 1 is 0.923 bits per heavy atom. The van der Waals surface area contributed by atoms with Crippen LogP contribution in [0.3, 0.4) is 0 Å². The van der Waals surface area contributed by atoms with Crippen molar-refractivity contribution in [3.8, 4) is 11.5 Å². The zero-order chi connectivity index (χ0) is 26.7. The molecule has 3 aliphatic heterocycles. The Kier molecular flexibility index (Phi) is 5.27. The van der Waals surface area contributed by atoms with Crippen molar-refractivity contribution in [1.29, 1.82) is 0 Å². The van der Waals surface area contributed by atoms with Crippen molar-refractivity contribution in [2.45, 2.75) is 32.2 Å². The molecule has 39 heavy (non-hydrogen) atoms. The second-order valence-electron chi connectivity index (χ2n) is 10.5. The van der Waals surface area contributed by atoms with Crippen LogP contribution in [0.5, 0.6) is 11.5 Å². The Labute approximate surface area is 227 Å². The maximum atomic E-state index is 14.4. The number of nitrogens with one attached hydrogen (secondary N) is 1. The predicted octanol–water partition coefficient (Wildman–Crippen LogP) is 5.72. The fourth-order valence-electron chi connectivity index (χ4n) is 6.13. The first kappa shape index (κ1) is 23.5. The van der Waals surface area contributed by atoms with Crippen LogP contribution >= 0.6 is 0 Å². The number of anilines is 2. The van der Waals surface area contributed by atoms with Gasteiger partial charge in [0.05, 0.1) is 13.2 Å². The van der Waals surface area contributed by atoms with Crippen LogP contribution in [0.15, 0.2) is 78.9 Å². The summed E-state index contributed by atoms with van der Waals surface area (Å²) in [5, 5.41) is 3.07. The van der Waals surface area contributed by atoms with Crippen molar-refractivity contribution in [3.63, 3.8) is 0 Å².